The summed E-state index contributed by atoms with van der Waals surface area (Å²) in [7, 11) is 2.11. The molecule has 0 bridgehead atoms. The van der Waals surface area contributed by atoms with Crippen molar-refractivity contribution in [3.05, 3.63) is 59.9 Å². The Hall–Kier alpha value is -2.85. The average Bonchev–Trinajstić information content (AvgIpc) is 3.45. The molecule has 2 atom stereocenters. The molecular weight excluding hydrogens is 447 g/mol. The molecule has 1 amide bonds. The fourth-order valence-electron chi connectivity index (χ4n) is 4.47. The summed E-state index contributed by atoms with van der Waals surface area (Å²) < 4.78 is 46.1. The number of amides is 1. The third-order valence-corrected chi connectivity index (χ3v) is 6.55. The monoisotopic (exact) mass is 476 g/mol. The summed E-state index contributed by atoms with van der Waals surface area (Å²) in [4.78, 5) is 16.1. The van der Waals surface area contributed by atoms with E-state index in [0.29, 0.717) is 24.6 Å². The van der Waals surface area contributed by atoms with Crippen molar-refractivity contribution in [3.8, 4) is 0 Å². The van der Waals surface area contributed by atoms with Crippen molar-refractivity contribution in [2.24, 2.45) is 22.2 Å². The number of carbonyl (C=O) groups excluding carboxylic acids is 1. The Kier molecular flexibility index (Phi) is 7.27. The number of allylic oxidation sites excluding steroid dienone is 1. The number of ether oxygens (including phenoxy) is 1. The number of likely N-dealkylation sites (tertiary alicyclic amines) is 2. The van der Waals surface area contributed by atoms with Crippen molar-refractivity contribution in [1.82, 2.24) is 9.80 Å². The molecule has 3 aliphatic heterocycles. The van der Waals surface area contributed by atoms with Gasteiger partial charge in [0.1, 0.15) is 11.4 Å². The largest absolute Gasteiger partial charge is 0.416 e. The lowest BCUT2D eigenvalue weighted by atomic mass is 9.94. The van der Waals surface area contributed by atoms with E-state index in [1.54, 1.807) is 9.58 Å². The van der Waals surface area contributed by atoms with Crippen LogP contribution in [0.4, 0.5) is 13.2 Å². The molecule has 10 heteroatoms. The Morgan fingerprint density at radius 1 is 1.24 bits per heavy atom. The van der Waals surface area contributed by atoms with Gasteiger partial charge >= 0.3 is 6.18 Å². The minimum atomic E-state index is -4.37. The summed E-state index contributed by atoms with van der Waals surface area (Å²) in [6.45, 7) is 6.56. The molecular formula is C24H29F3N5O2+. The van der Waals surface area contributed by atoms with Crippen molar-refractivity contribution in [3.63, 3.8) is 0 Å². The molecule has 182 valence electrons. The number of piperidine rings is 1. The second kappa shape index (κ2) is 10.2. The zero-order chi connectivity index (χ0) is 24.3. The molecule has 1 unspecified atom stereocenters. The number of nitrogens with zero attached hydrogens (tertiary/aromatic N) is 5. The van der Waals surface area contributed by atoms with Gasteiger partial charge in [0.25, 0.3) is 0 Å². The summed E-state index contributed by atoms with van der Waals surface area (Å²) in [6, 6.07) is 4.91. The molecule has 34 heavy (non-hydrogen) atoms. The first kappa shape index (κ1) is 24.3. The van der Waals surface area contributed by atoms with Gasteiger partial charge in [0.05, 0.1) is 29.3 Å². The predicted octanol–water partition coefficient (Wildman–Crippen LogP) is 3.88. The topological polar surface area (TPSA) is 60.5 Å². The van der Waals surface area contributed by atoms with E-state index in [-0.39, 0.29) is 24.5 Å². The summed E-state index contributed by atoms with van der Waals surface area (Å²) >= 11 is 0. The molecule has 3 heterocycles. The van der Waals surface area contributed by atoms with Crippen LogP contribution in [0.15, 0.2) is 59.2 Å². The smallest absolute Gasteiger partial charge is 0.371 e. The summed E-state index contributed by atoms with van der Waals surface area (Å²) in [5.41, 5.74) is 0.895. The van der Waals surface area contributed by atoms with E-state index in [9.17, 15) is 18.0 Å². The molecule has 0 saturated carbocycles. The Morgan fingerprint density at radius 2 is 1.94 bits per heavy atom. The minimum Gasteiger partial charge on any atom is -0.371 e. The number of rotatable bonds is 6. The van der Waals surface area contributed by atoms with E-state index in [4.69, 9.17) is 4.74 Å². The molecule has 2 fully saturated rings. The summed E-state index contributed by atoms with van der Waals surface area (Å²) in [5, 5.41) is 8.62. The fraction of sp³-hybridized carbons (Fsp3) is 0.500. The van der Waals surface area contributed by atoms with Crippen molar-refractivity contribution in [2.45, 2.75) is 31.7 Å². The van der Waals surface area contributed by atoms with Gasteiger partial charge in [-0.25, -0.2) is 0 Å². The standard InChI is InChI=1S/C24H29F3N5O2/c1-3-23(33)31-12-19(13-32-14-21(28-29-32)18-8-10-30(2)11-9-18)22(15-31)34-16-17-4-6-20(7-5-17)24(25,26)27/h3-7,13-14,18-19,22H,1,8-12,15-16H2,2H3/q+1/b32-13-/t19?,22-/m1/s1. The lowest BCUT2D eigenvalue weighted by Gasteiger charge is -2.26. The predicted molar refractivity (Wildman–Crippen MR) is 120 cm³/mol. The third kappa shape index (κ3) is 5.79. The highest BCUT2D eigenvalue weighted by atomic mass is 19.4. The molecule has 7 nitrogen and oxygen atoms in total. The van der Waals surface area contributed by atoms with Crippen LogP contribution in [-0.2, 0) is 22.3 Å². The van der Waals surface area contributed by atoms with Crippen LogP contribution in [-0.4, -0.2) is 65.9 Å². The van der Waals surface area contributed by atoms with Gasteiger partial charge < -0.3 is 14.5 Å². The lowest BCUT2D eigenvalue weighted by Crippen LogP contribution is -2.30. The van der Waals surface area contributed by atoms with Gasteiger partial charge in [-0.15, -0.1) is 4.68 Å². The Balaban J connectivity index is 1.43. The molecule has 3 aliphatic rings. The van der Waals surface area contributed by atoms with Gasteiger partial charge in [0, 0.05) is 19.0 Å². The fourth-order valence-corrected chi connectivity index (χ4v) is 4.47. The van der Waals surface area contributed by atoms with Crippen LogP contribution in [0.1, 0.15) is 24.0 Å². The van der Waals surface area contributed by atoms with Crippen LogP contribution in [0, 0.1) is 11.8 Å². The van der Waals surface area contributed by atoms with Gasteiger partial charge in [-0.1, -0.05) is 18.7 Å². The SMILES string of the molecule is C=CC(=O)N1CC(/C=[N+]2/C=C(C3CCN(C)CC3)N=N2)[C@H](OCc2ccc(C(F)(F)F)cc2)C1. The number of halogens is 3. The van der Waals surface area contributed by atoms with Crippen molar-refractivity contribution < 1.29 is 27.4 Å². The Labute approximate surface area is 196 Å². The molecule has 4 rings (SSSR count). The molecule has 0 aromatic heterocycles. The van der Waals surface area contributed by atoms with Crippen LogP contribution >= 0.6 is 0 Å². The highest BCUT2D eigenvalue weighted by Gasteiger charge is 2.37. The van der Waals surface area contributed by atoms with Crippen LogP contribution in [0.2, 0.25) is 0 Å². The first-order valence-corrected chi connectivity index (χ1v) is 11.4. The van der Waals surface area contributed by atoms with Crippen LogP contribution in [0.25, 0.3) is 0 Å². The Morgan fingerprint density at radius 3 is 2.59 bits per heavy atom. The number of benzene rings is 1. The van der Waals surface area contributed by atoms with Crippen LogP contribution < -0.4 is 0 Å². The molecule has 1 aromatic carbocycles. The highest BCUT2D eigenvalue weighted by Crippen LogP contribution is 2.30. The van der Waals surface area contributed by atoms with E-state index < -0.39 is 11.7 Å². The minimum absolute atomic E-state index is 0.140. The highest BCUT2D eigenvalue weighted by molar-refractivity contribution is 5.87. The quantitative estimate of drug-likeness (QED) is 0.463. The molecule has 2 saturated heterocycles. The van der Waals surface area contributed by atoms with Crippen LogP contribution in [0.3, 0.4) is 0 Å². The molecule has 0 aliphatic carbocycles. The summed E-state index contributed by atoms with van der Waals surface area (Å²) in [5.74, 6) is 0.0440. The lowest BCUT2D eigenvalue weighted by molar-refractivity contribution is -0.462. The van der Waals surface area contributed by atoms with Gasteiger partial charge in [0.2, 0.25) is 11.6 Å². The second-order valence-electron chi connectivity index (χ2n) is 9.01. The van der Waals surface area contributed by atoms with Gasteiger partial charge in [-0.2, -0.15) is 13.2 Å². The normalized spacial score (nSPS) is 25.2. The number of hydrogen-bond donors (Lipinski definition) is 0. The maximum Gasteiger partial charge on any atom is 0.416 e. The first-order chi connectivity index (χ1) is 16.2. The molecule has 0 spiro atoms. The third-order valence-electron chi connectivity index (χ3n) is 6.55. The summed E-state index contributed by atoms with van der Waals surface area (Å²) in [6.07, 6.45) is 2.48. The number of alkyl halides is 3. The second-order valence-corrected chi connectivity index (χ2v) is 9.01. The molecule has 1 aromatic rings. The van der Waals surface area contributed by atoms with E-state index in [0.717, 1.165) is 43.8 Å². The average molecular weight is 477 g/mol. The van der Waals surface area contributed by atoms with Gasteiger partial charge in [-0.3, -0.25) is 4.79 Å². The van der Waals surface area contributed by atoms with Crippen molar-refractivity contribution >= 4 is 12.1 Å². The molecule has 0 N–H and O–H groups in total. The molecule has 0 radical (unpaired) electrons. The number of hydrogen-bond acceptors (Lipinski definition) is 5. The van der Waals surface area contributed by atoms with E-state index in [2.05, 4.69) is 28.9 Å². The van der Waals surface area contributed by atoms with E-state index in [1.807, 2.05) is 12.4 Å². The van der Waals surface area contributed by atoms with Gasteiger partial charge in [0.15, 0.2) is 6.20 Å². The number of carbonyl (C=O) groups is 1. The first-order valence-electron chi connectivity index (χ1n) is 11.4. The van der Waals surface area contributed by atoms with Crippen molar-refractivity contribution in [2.75, 3.05) is 33.2 Å². The van der Waals surface area contributed by atoms with E-state index >= 15 is 0 Å². The van der Waals surface area contributed by atoms with Crippen LogP contribution in [0.5, 0.6) is 0 Å². The maximum atomic E-state index is 12.8. The Bertz CT molecular complexity index is 995. The zero-order valence-electron chi connectivity index (χ0n) is 19.1. The zero-order valence-corrected chi connectivity index (χ0v) is 19.1. The van der Waals surface area contributed by atoms with Gasteiger partial charge in [-0.05, 0) is 56.8 Å². The maximum absolute atomic E-state index is 12.8. The van der Waals surface area contributed by atoms with Crippen molar-refractivity contribution in [1.29, 1.82) is 0 Å². The van der Waals surface area contributed by atoms with E-state index in [1.165, 1.54) is 18.2 Å².